The van der Waals surface area contributed by atoms with E-state index >= 15 is 0 Å². The summed E-state index contributed by atoms with van der Waals surface area (Å²) in [7, 11) is 3.96. The number of ether oxygens (including phenoxy) is 2. The zero-order valence-corrected chi connectivity index (χ0v) is 15.7. The van der Waals surface area contributed by atoms with Crippen molar-refractivity contribution in [1.82, 2.24) is 14.8 Å². The first-order chi connectivity index (χ1) is 12.5. The normalized spacial score (nSPS) is 12.9. The van der Waals surface area contributed by atoms with Gasteiger partial charge in [-0.1, -0.05) is 17.7 Å². The van der Waals surface area contributed by atoms with Crippen molar-refractivity contribution >= 4 is 17.5 Å². The standard InChI is InChI=1S/C19H22ClN3O3/c1-22(2)6-7-23(13-14-4-3-5-21-12-14)19(24)15-10-16(20)18-17(11-15)25-8-9-26-18/h3-5,10-12H,6-9,13H2,1-2H3. The lowest BCUT2D eigenvalue weighted by Gasteiger charge is -2.26. The van der Waals surface area contributed by atoms with Gasteiger partial charge in [0.25, 0.3) is 5.91 Å². The van der Waals surface area contributed by atoms with Crippen molar-refractivity contribution < 1.29 is 14.3 Å². The average Bonchev–Trinajstić information content (AvgIpc) is 2.65. The highest BCUT2D eigenvalue weighted by Gasteiger charge is 2.22. The highest BCUT2D eigenvalue weighted by Crippen LogP contribution is 2.38. The molecule has 0 radical (unpaired) electrons. The van der Waals surface area contributed by atoms with Crippen molar-refractivity contribution in [1.29, 1.82) is 0 Å². The molecule has 2 heterocycles. The van der Waals surface area contributed by atoms with Crippen LogP contribution in [-0.4, -0.2) is 61.1 Å². The predicted octanol–water partition coefficient (Wildman–Crippen LogP) is 2.71. The van der Waals surface area contributed by atoms with Crippen LogP contribution in [0, 0.1) is 0 Å². The van der Waals surface area contributed by atoms with Gasteiger partial charge in [0.05, 0.1) is 5.02 Å². The van der Waals surface area contributed by atoms with Crippen molar-refractivity contribution in [3.8, 4) is 11.5 Å². The van der Waals surface area contributed by atoms with Gasteiger partial charge in [-0.05, 0) is 37.9 Å². The summed E-state index contributed by atoms with van der Waals surface area (Å²) >= 11 is 6.29. The van der Waals surface area contributed by atoms with Crippen LogP contribution in [0.5, 0.6) is 11.5 Å². The molecule has 1 aliphatic heterocycles. The first kappa shape index (κ1) is 18.5. The maximum absolute atomic E-state index is 13.1. The molecule has 0 aliphatic carbocycles. The fourth-order valence-electron chi connectivity index (χ4n) is 2.70. The van der Waals surface area contributed by atoms with Crippen molar-refractivity contribution in [3.05, 3.63) is 52.8 Å². The molecular formula is C19H22ClN3O3. The summed E-state index contributed by atoms with van der Waals surface area (Å²) in [5.41, 5.74) is 1.46. The third kappa shape index (κ3) is 4.45. The molecule has 7 heteroatoms. The van der Waals surface area contributed by atoms with Gasteiger partial charge in [0.2, 0.25) is 0 Å². The average molecular weight is 376 g/mol. The van der Waals surface area contributed by atoms with E-state index in [9.17, 15) is 4.79 Å². The molecule has 0 N–H and O–H groups in total. The number of pyridine rings is 1. The van der Waals surface area contributed by atoms with Gasteiger partial charge < -0.3 is 19.3 Å². The number of aromatic nitrogens is 1. The predicted molar refractivity (Wildman–Crippen MR) is 100.0 cm³/mol. The first-order valence-corrected chi connectivity index (χ1v) is 8.84. The van der Waals surface area contributed by atoms with Gasteiger partial charge in [-0.2, -0.15) is 0 Å². The summed E-state index contributed by atoms with van der Waals surface area (Å²) in [5, 5.41) is 0.388. The molecule has 0 saturated carbocycles. The monoisotopic (exact) mass is 375 g/mol. The summed E-state index contributed by atoms with van der Waals surface area (Å²) in [6.07, 6.45) is 3.49. The second-order valence-corrected chi connectivity index (χ2v) is 6.78. The molecular weight excluding hydrogens is 354 g/mol. The zero-order chi connectivity index (χ0) is 18.5. The number of benzene rings is 1. The van der Waals surface area contributed by atoms with Gasteiger partial charge in [0, 0.05) is 37.6 Å². The Morgan fingerprint density at radius 3 is 2.77 bits per heavy atom. The number of hydrogen-bond acceptors (Lipinski definition) is 5. The molecule has 1 amide bonds. The lowest BCUT2D eigenvalue weighted by atomic mass is 10.1. The number of fused-ring (bicyclic) bond motifs is 1. The van der Waals surface area contributed by atoms with Crippen LogP contribution in [0.2, 0.25) is 5.02 Å². The molecule has 3 rings (SSSR count). The molecule has 0 saturated heterocycles. The van der Waals surface area contributed by atoms with Crippen LogP contribution in [0.3, 0.4) is 0 Å². The number of halogens is 1. The largest absolute Gasteiger partial charge is 0.486 e. The molecule has 6 nitrogen and oxygen atoms in total. The molecule has 0 bridgehead atoms. The maximum atomic E-state index is 13.1. The Bertz CT molecular complexity index is 768. The molecule has 0 unspecified atom stereocenters. The van der Waals surface area contributed by atoms with E-state index < -0.39 is 0 Å². The summed E-state index contributed by atoms with van der Waals surface area (Å²) in [5.74, 6) is 0.914. The topological polar surface area (TPSA) is 54.9 Å². The Morgan fingerprint density at radius 1 is 1.23 bits per heavy atom. The summed E-state index contributed by atoms with van der Waals surface area (Å²) in [6.45, 7) is 2.72. The van der Waals surface area contributed by atoms with Crippen LogP contribution < -0.4 is 9.47 Å². The Balaban J connectivity index is 1.85. The zero-order valence-electron chi connectivity index (χ0n) is 14.9. The van der Waals surface area contributed by atoms with Crippen LogP contribution in [0.1, 0.15) is 15.9 Å². The Hall–Kier alpha value is -2.31. The summed E-state index contributed by atoms with van der Waals surface area (Å²) in [6, 6.07) is 7.17. The van der Waals surface area contributed by atoms with E-state index in [4.69, 9.17) is 21.1 Å². The molecule has 1 aliphatic rings. The first-order valence-electron chi connectivity index (χ1n) is 8.46. The second kappa shape index (κ2) is 8.38. The van der Waals surface area contributed by atoms with Crippen LogP contribution in [0.15, 0.2) is 36.7 Å². The van der Waals surface area contributed by atoms with Gasteiger partial charge in [-0.3, -0.25) is 9.78 Å². The van der Waals surface area contributed by atoms with Gasteiger partial charge >= 0.3 is 0 Å². The molecule has 0 spiro atoms. The summed E-state index contributed by atoms with van der Waals surface area (Å²) < 4.78 is 11.1. The van der Waals surface area contributed by atoms with Crippen molar-refractivity contribution in [3.63, 3.8) is 0 Å². The fraction of sp³-hybridized carbons (Fsp3) is 0.368. The van der Waals surface area contributed by atoms with Crippen LogP contribution in [0.25, 0.3) is 0 Å². The van der Waals surface area contributed by atoms with Gasteiger partial charge in [-0.25, -0.2) is 0 Å². The van der Waals surface area contributed by atoms with Gasteiger partial charge in [0.1, 0.15) is 13.2 Å². The summed E-state index contributed by atoms with van der Waals surface area (Å²) in [4.78, 5) is 21.1. The fourth-order valence-corrected chi connectivity index (χ4v) is 2.97. The maximum Gasteiger partial charge on any atom is 0.254 e. The van der Waals surface area contributed by atoms with E-state index in [0.29, 0.717) is 48.4 Å². The van der Waals surface area contributed by atoms with Crippen LogP contribution in [0.4, 0.5) is 0 Å². The number of carbonyl (C=O) groups is 1. The third-order valence-electron chi connectivity index (χ3n) is 4.04. The van der Waals surface area contributed by atoms with E-state index in [-0.39, 0.29) is 5.91 Å². The van der Waals surface area contributed by atoms with E-state index in [2.05, 4.69) is 4.98 Å². The van der Waals surface area contributed by atoms with Crippen molar-refractivity contribution in [2.45, 2.75) is 6.54 Å². The van der Waals surface area contributed by atoms with Gasteiger partial charge in [0.15, 0.2) is 11.5 Å². The van der Waals surface area contributed by atoms with E-state index in [1.165, 1.54) is 0 Å². The van der Waals surface area contributed by atoms with Crippen LogP contribution >= 0.6 is 11.6 Å². The second-order valence-electron chi connectivity index (χ2n) is 6.37. The van der Waals surface area contributed by atoms with E-state index in [1.54, 1.807) is 29.4 Å². The van der Waals surface area contributed by atoms with Crippen molar-refractivity contribution in [2.75, 3.05) is 40.4 Å². The van der Waals surface area contributed by atoms with E-state index in [1.807, 2.05) is 31.1 Å². The minimum atomic E-state index is -0.102. The molecule has 1 aromatic carbocycles. The molecule has 2 aromatic rings. The highest BCUT2D eigenvalue weighted by molar-refractivity contribution is 6.32. The minimum absolute atomic E-state index is 0.102. The number of hydrogen-bond donors (Lipinski definition) is 0. The number of carbonyl (C=O) groups excluding carboxylic acids is 1. The number of likely N-dealkylation sites (N-methyl/N-ethyl adjacent to an activating group) is 1. The SMILES string of the molecule is CN(C)CCN(Cc1cccnc1)C(=O)c1cc(Cl)c2c(c1)OCCO2. The van der Waals surface area contributed by atoms with Gasteiger partial charge in [-0.15, -0.1) is 0 Å². The molecule has 0 fully saturated rings. The van der Waals surface area contributed by atoms with Crippen LogP contribution in [-0.2, 0) is 6.54 Å². The number of rotatable bonds is 6. The lowest BCUT2D eigenvalue weighted by Crippen LogP contribution is -2.36. The molecule has 138 valence electrons. The Labute approximate surface area is 158 Å². The van der Waals surface area contributed by atoms with E-state index in [0.717, 1.165) is 12.1 Å². The third-order valence-corrected chi connectivity index (χ3v) is 4.33. The smallest absolute Gasteiger partial charge is 0.254 e. The minimum Gasteiger partial charge on any atom is -0.486 e. The Morgan fingerprint density at radius 2 is 2.04 bits per heavy atom. The lowest BCUT2D eigenvalue weighted by molar-refractivity contribution is 0.0730. The van der Waals surface area contributed by atoms with Crippen molar-refractivity contribution in [2.24, 2.45) is 0 Å². The molecule has 0 atom stereocenters. The number of amides is 1. The highest BCUT2D eigenvalue weighted by atomic mass is 35.5. The number of nitrogens with zero attached hydrogens (tertiary/aromatic N) is 3. The molecule has 26 heavy (non-hydrogen) atoms. The Kier molecular flexibility index (Phi) is 5.96. The quantitative estimate of drug-likeness (QED) is 0.777. The molecule has 1 aromatic heterocycles.